The Labute approximate surface area is 114 Å². The Bertz CT molecular complexity index is 601. The quantitative estimate of drug-likeness (QED) is 0.894. The van der Waals surface area contributed by atoms with Crippen LogP contribution in [0.15, 0.2) is 18.2 Å². The molecular weight excluding hydrogens is 268 g/mol. The zero-order chi connectivity index (χ0) is 14.7. The molecule has 3 N–H and O–H groups in total. The number of anilines is 3. The molecule has 106 valence electrons. The van der Waals surface area contributed by atoms with Crippen molar-refractivity contribution < 1.29 is 13.5 Å². The Hall–Kier alpha value is -2.51. The van der Waals surface area contributed by atoms with Crippen molar-refractivity contribution in [2.45, 2.75) is 20.0 Å². The normalized spacial score (nSPS) is 10.7. The standard InChI is InChI=1S/C12H13F2N5O/c1-6(2)20-12-18-10(15)17-11(19-12)16-9-4-7(13)3-8(14)5-9/h3-6H,1-2H3,(H3,15,16,17,18,19). The lowest BCUT2D eigenvalue weighted by atomic mass is 10.3. The molecule has 6 nitrogen and oxygen atoms in total. The molecule has 0 atom stereocenters. The first-order valence-corrected chi connectivity index (χ1v) is 5.83. The van der Waals surface area contributed by atoms with Gasteiger partial charge in [-0.1, -0.05) is 0 Å². The van der Waals surface area contributed by atoms with E-state index in [0.717, 1.165) is 18.2 Å². The van der Waals surface area contributed by atoms with Crippen molar-refractivity contribution in [2.24, 2.45) is 0 Å². The van der Waals surface area contributed by atoms with Crippen LogP contribution >= 0.6 is 0 Å². The van der Waals surface area contributed by atoms with Crippen LogP contribution in [0.4, 0.5) is 26.4 Å². The summed E-state index contributed by atoms with van der Waals surface area (Å²) in [6, 6.07) is 3.00. The molecule has 0 radical (unpaired) electrons. The second kappa shape index (κ2) is 5.64. The first-order chi connectivity index (χ1) is 9.42. The van der Waals surface area contributed by atoms with Gasteiger partial charge in [-0.15, -0.1) is 0 Å². The van der Waals surface area contributed by atoms with Gasteiger partial charge in [-0.3, -0.25) is 0 Å². The Balaban J connectivity index is 2.26. The predicted molar refractivity (Wildman–Crippen MR) is 69.6 cm³/mol. The third kappa shape index (κ3) is 3.74. The minimum atomic E-state index is -0.715. The fourth-order valence-corrected chi connectivity index (χ4v) is 1.45. The molecule has 0 saturated carbocycles. The highest BCUT2D eigenvalue weighted by Gasteiger charge is 2.08. The highest BCUT2D eigenvalue weighted by atomic mass is 19.1. The summed E-state index contributed by atoms with van der Waals surface area (Å²) in [5, 5.41) is 2.64. The van der Waals surface area contributed by atoms with Gasteiger partial charge in [0.1, 0.15) is 11.6 Å². The van der Waals surface area contributed by atoms with Gasteiger partial charge >= 0.3 is 6.01 Å². The molecule has 0 fully saturated rings. The summed E-state index contributed by atoms with van der Waals surface area (Å²) in [4.78, 5) is 11.6. The van der Waals surface area contributed by atoms with E-state index < -0.39 is 11.6 Å². The van der Waals surface area contributed by atoms with E-state index in [9.17, 15) is 8.78 Å². The van der Waals surface area contributed by atoms with Gasteiger partial charge in [0.15, 0.2) is 0 Å². The summed E-state index contributed by atoms with van der Waals surface area (Å²) >= 11 is 0. The first kappa shape index (κ1) is 13.9. The zero-order valence-electron chi connectivity index (χ0n) is 10.9. The topological polar surface area (TPSA) is 86.0 Å². The zero-order valence-corrected chi connectivity index (χ0v) is 10.9. The van der Waals surface area contributed by atoms with Crippen LogP contribution in [0.5, 0.6) is 6.01 Å². The van der Waals surface area contributed by atoms with Crippen molar-refractivity contribution in [1.82, 2.24) is 15.0 Å². The molecule has 1 aromatic carbocycles. The average molecular weight is 281 g/mol. The van der Waals surface area contributed by atoms with E-state index >= 15 is 0 Å². The van der Waals surface area contributed by atoms with Gasteiger partial charge in [0, 0.05) is 11.8 Å². The van der Waals surface area contributed by atoms with Gasteiger partial charge in [-0.2, -0.15) is 15.0 Å². The van der Waals surface area contributed by atoms with Crippen LogP contribution in [0.25, 0.3) is 0 Å². The molecule has 0 saturated heterocycles. The summed E-state index contributed by atoms with van der Waals surface area (Å²) in [6.45, 7) is 3.60. The largest absolute Gasteiger partial charge is 0.461 e. The molecule has 8 heteroatoms. The van der Waals surface area contributed by atoms with Crippen LogP contribution in [-0.4, -0.2) is 21.1 Å². The monoisotopic (exact) mass is 281 g/mol. The van der Waals surface area contributed by atoms with Gasteiger partial charge in [-0.05, 0) is 26.0 Å². The summed E-state index contributed by atoms with van der Waals surface area (Å²) in [6.07, 6.45) is -0.142. The SMILES string of the molecule is CC(C)Oc1nc(N)nc(Nc2cc(F)cc(F)c2)n1. The van der Waals surface area contributed by atoms with E-state index in [1.807, 2.05) is 0 Å². The molecule has 0 aliphatic heterocycles. The molecule has 0 spiro atoms. The van der Waals surface area contributed by atoms with Crippen LogP contribution in [0.2, 0.25) is 0 Å². The van der Waals surface area contributed by atoms with Gasteiger partial charge in [0.25, 0.3) is 0 Å². The van der Waals surface area contributed by atoms with Gasteiger partial charge in [0.05, 0.1) is 6.10 Å². The van der Waals surface area contributed by atoms with Gasteiger partial charge in [-0.25, -0.2) is 8.78 Å². The van der Waals surface area contributed by atoms with Crippen LogP contribution in [0.1, 0.15) is 13.8 Å². The van der Waals surface area contributed by atoms with Crippen LogP contribution in [0.3, 0.4) is 0 Å². The Morgan fingerprint density at radius 1 is 1.10 bits per heavy atom. The number of aromatic nitrogens is 3. The number of hydrogen-bond acceptors (Lipinski definition) is 6. The minimum absolute atomic E-state index is 0.0341. The maximum absolute atomic E-state index is 13.1. The number of halogens is 2. The summed E-state index contributed by atoms with van der Waals surface area (Å²) < 4.78 is 31.4. The van der Waals surface area contributed by atoms with E-state index in [0.29, 0.717) is 0 Å². The molecule has 0 aliphatic rings. The third-order valence-electron chi connectivity index (χ3n) is 2.09. The molecule has 0 aliphatic carbocycles. The second-order valence-electron chi connectivity index (χ2n) is 4.25. The van der Waals surface area contributed by atoms with Crippen molar-refractivity contribution in [2.75, 3.05) is 11.1 Å². The number of benzene rings is 1. The molecule has 0 unspecified atom stereocenters. The van der Waals surface area contributed by atoms with Crippen molar-refractivity contribution in [3.63, 3.8) is 0 Å². The van der Waals surface area contributed by atoms with E-state index in [-0.39, 0.29) is 29.7 Å². The van der Waals surface area contributed by atoms with Gasteiger partial charge < -0.3 is 15.8 Å². The van der Waals surface area contributed by atoms with Crippen molar-refractivity contribution in [1.29, 1.82) is 0 Å². The first-order valence-electron chi connectivity index (χ1n) is 5.83. The maximum Gasteiger partial charge on any atom is 0.323 e. The Kier molecular flexibility index (Phi) is 3.92. The molecule has 1 heterocycles. The number of nitrogens with one attached hydrogen (secondary N) is 1. The number of nitrogens with two attached hydrogens (primary N) is 1. The van der Waals surface area contributed by atoms with E-state index in [1.165, 1.54) is 0 Å². The minimum Gasteiger partial charge on any atom is -0.461 e. The molecule has 1 aromatic heterocycles. The third-order valence-corrected chi connectivity index (χ3v) is 2.09. The Morgan fingerprint density at radius 2 is 1.75 bits per heavy atom. The molecule has 2 rings (SSSR count). The number of hydrogen-bond donors (Lipinski definition) is 2. The lowest BCUT2D eigenvalue weighted by Crippen LogP contribution is -2.11. The van der Waals surface area contributed by atoms with E-state index in [1.54, 1.807) is 13.8 Å². The van der Waals surface area contributed by atoms with Crippen molar-refractivity contribution >= 4 is 17.6 Å². The molecule has 0 bridgehead atoms. The second-order valence-corrected chi connectivity index (χ2v) is 4.25. The van der Waals surface area contributed by atoms with Crippen LogP contribution in [0, 0.1) is 11.6 Å². The summed E-state index contributed by atoms with van der Waals surface area (Å²) in [5.41, 5.74) is 5.67. The van der Waals surface area contributed by atoms with Crippen molar-refractivity contribution in [3.05, 3.63) is 29.8 Å². The molecular formula is C12H13F2N5O. The van der Waals surface area contributed by atoms with E-state index in [2.05, 4.69) is 20.3 Å². The predicted octanol–water partition coefficient (Wildman–Crippen LogP) is 2.26. The lowest BCUT2D eigenvalue weighted by molar-refractivity contribution is 0.222. The Morgan fingerprint density at radius 3 is 2.35 bits per heavy atom. The van der Waals surface area contributed by atoms with Crippen molar-refractivity contribution in [3.8, 4) is 6.01 Å². The molecule has 0 amide bonds. The van der Waals surface area contributed by atoms with Crippen LogP contribution in [-0.2, 0) is 0 Å². The average Bonchev–Trinajstić information content (AvgIpc) is 2.24. The van der Waals surface area contributed by atoms with Crippen LogP contribution < -0.4 is 15.8 Å². The molecule has 2 aromatic rings. The lowest BCUT2D eigenvalue weighted by Gasteiger charge is -2.10. The number of nitrogen functional groups attached to an aromatic ring is 1. The highest BCUT2D eigenvalue weighted by molar-refractivity contribution is 5.54. The van der Waals surface area contributed by atoms with Gasteiger partial charge in [0.2, 0.25) is 11.9 Å². The summed E-state index contributed by atoms with van der Waals surface area (Å²) in [5.74, 6) is -1.45. The molecule has 20 heavy (non-hydrogen) atoms. The highest BCUT2D eigenvalue weighted by Crippen LogP contribution is 2.18. The number of ether oxygens (including phenoxy) is 1. The fraction of sp³-hybridized carbons (Fsp3) is 0.250. The summed E-state index contributed by atoms with van der Waals surface area (Å²) in [7, 11) is 0. The van der Waals surface area contributed by atoms with E-state index in [4.69, 9.17) is 10.5 Å². The maximum atomic E-state index is 13.1. The number of rotatable bonds is 4. The number of nitrogens with zero attached hydrogens (tertiary/aromatic N) is 3. The smallest absolute Gasteiger partial charge is 0.323 e. The fourth-order valence-electron chi connectivity index (χ4n) is 1.45.